The zero-order valence-corrected chi connectivity index (χ0v) is 16.3. The zero-order chi connectivity index (χ0) is 21.0. The number of aromatic nitrogens is 2. The number of hydrogen-bond donors (Lipinski definition) is 2. The van der Waals surface area contributed by atoms with Crippen LogP contribution in [0.4, 0.5) is 28.7 Å². The molecular weight excluding hydrogens is 370 g/mol. The van der Waals surface area contributed by atoms with Gasteiger partial charge >= 0.3 is 5.97 Å². The smallest absolute Gasteiger partial charge is 0.339 e. The lowest BCUT2D eigenvalue weighted by molar-refractivity contribution is 0.0601. The van der Waals surface area contributed by atoms with Crippen molar-refractivity contribution in [2.75, 3.05) is 30.1 Å². The van der Waals surface area contributed by atoms with Gasteiger partial charge in [0.1, 0.15) is 12.0 Å². The lowest BCUT2D eigenvalue weighted by Crippen LogP contribution is -2.18. The number of nitrogens with one attached hydrogen (secondary N) is 1. The summed E-state index contributed by atoms with van der Waals surface area (Å²) in [5.74, 6) is 0.377. The largest absolute Gasteiger partial charge is 0.465 e. The second kappa shape index (κ2) is 8.39. The third-order valence-corrected chi connectivity index (χ3v) is 4.41. The molecule has 0 atom stereocenters. The van der Waals surface area contributed by atoms with Gasteiger partial charge in [0, 0.05) is 18.3 Å². The van der Waals surface area contributed by atoms with Crippen molar-refractivity contribution in [3.63, 3.8) is 0 Å². The van der Waals surface area contributed by atoms with Crippen LogP contribution in [-0.2, 0) is 4.74 Å². The topological polar surface area (TPSA) is 110 Å². The minimum atomic E-state index is -0.455. The number of ether oxygens (including phenoxy) is 1. The molecule has 1 heterocycles. The number of benzene rings is 2. The molecule has 0 aliphatic rings. The van der Waals surface area contributed by atoms with E-state index in [9.17, 15) is 9.59 Å². The molecule has 0 saturated heterocycles. The molecule has 2 aromatic carbocycles. The molecular formula is C21H21N5O3. The first kappa shape index (κ1) is 19.8. The third kappa shape index (κ3) is 4.16. The lowest BCUT2D eigenvalue weighted by atomic mass is 10.1. The maximum Gasteiger partial charge on any atom is 0.339 e. The van der Waals surface area contributed by atoms with Crippen LogP contribution in [0, 0.1) is 0 Å². The van der Waals surface area contributed by atoms with Gasteiger partial charge in [-0.25, -0.2) is 14.8 Å². The summed E-state index contributed by atoms with van der Waals surface area (Å²) in [6.07, 6.45) is 1.38. The minimum Gasteiger partial charge on any atom is -0.465 e. The van der Waals surface area contributed by atoms with E-state index >= 15 is 0 Å². The van der Waals surface area contributed by atoms with E-state index in [1.165, 1.54) is 20.4 Å². The third-order valence-electron chi connectivity index (χ3n) is 4.41. The number of carbonyl (C=O) groups is 2. The monoisotopic (exact) mass is 391 g/mol. The normalized spacial score (nSPS) is 10.3. The van der Waals surface area contributed by atoms with E-state index in [1.807, 2.05) is 6.07 Å². The predicted octanol–water partition coefficient (Wildman–Crippen LogP) is 3.56. The number of nitrogen functional groups attached to an aromatic ring is 1. The summed E-state index contributed by atoms with van der Waals surface area (Å²) in [7, 11) is 3.09. The van der Waals surface area contributed by atoms with Crippen LogP contribution in [0.1, 0.15) is 27.6 Å². The van der Waals surface area contributed by atoms with Gasteiger partial charge in [-0.2, -0.15) is 0 Å². The molecule has 0 aliphatic carbocycles. The number of carbonyl (C=O) groups excluding carboxylic acids is 2. The molecule has 0 unspecified atom stereocenters. The number of anilines is 5. The molecule has 29 heavy (non-hydrogen) atoms. The number of nitrogens with zero attached hydrogens (tertiary/aromatic N) is 3. The quantitative estimate of drug-likeness (QED) is 0.485. The summed E-state index contributed by atoms with van der Waals surface area (Å²) in [6.45, 7) is 1.51. The van der Waals surface area contributed by atoms with Crippen LogP contribution in [0.25, 0.3) is 0 Å². The molecule has 0 bridgehead atoms. The van der Waals surface area contributed by atoms with Gasteiger partial charge in [0.2, 0.25) is 0 Å². The lowest BCUT2D eigenvalue weighted by Gasteiger charge is -2.23. The Morgan fingerprint density at radius 1 is 1.07 bits per heavy atom. The minimum absolute atomic E-state index is 0.00807. The molecule has 0 radical (unpaired) electrons. The first-order valence-electron chi connectivity index (χ1n) is 8.82. The fourth-order valence-electron chi connectivity index (χ4n) is 2.84. The zero-order valence-electron chi connectivity index (χ0n) is 16.3. The second-order valence-corrected chi connectivity index (χ2v) is 6.29. The molecule has 0 spiro atoms. The van der Waals surface area contributed by atoms with Crippen LogP contribution in [0.2, 0.25) is 0 Å². The Labute approximate surface area is 168 Å². The average molecular weight is 391 g/mol. The molecule has 1 aromatic heterocycles. The molecule has 0 amide bonds. The molecule has 0 saturated carbocycles. The highest BCUT2D eigenvalue weighted by Crippen LogP contribution is 2.33. The van der Waals surface area contributed by atoms with Crippen molar-refractivity contribution < 1.29 is 14.3 Å². The maximum atomic E-state index is 12.1. The van der Waals surface area contributed by atoms with E-state index < -0.39 is 5.97 Å². The Bertz CT molecular complexity index is 1050. The van der Waals surface area contributed by atoms with Gasteiger partial charge in [0.05, 0.1) is 18.4 Å². The van der Waals surface area contributed by atoms with E-state index in [2.05, 4.69) is 15.3 Å². The van der Waals surface area contributed by atoms with Crippen molar-refractivity contribution in [1.82, 2.24) is 9.97 Å². The summed E-state index contributed by atoms with van der Waals surface area (Å²) >= 11 is 0. The van der Waals surface area contributed by atoms with E-state index in [0.29, 0.717) is 34.1 Å². The van der Waals surface area contributed by atoms with Crippen molar-refractivity contribution in [3.8, 4) is 0 Å². The summed E-state index contributed by atoms with van der Waals surface area (Å²) in [5, 5.41) is 3.13. The van der Waals surface area contributed by atoms with Gasteiger partial charge in [-0.1, -0.05) is 12.1 Å². The summed E-state index contributed by atoms with van der Waals surface area (Å²) in [5.41, 5.74) is 8.95. The Morgan fingerprint density at radius 3 is 2.41 bits per heavy atom. The molecule has 8 heteroatoms. The van der Waals surface area contributed by atoms with E-state index in [0.717, 1.165) is 5.69 Å². The highest BCUT2D eigenvalue weighted by Gasteiger charge is 2.19. The number of esters is 1. The molecule has 0 aliphatic heterocycles. The van der Waals surface area contributed by atoms with Gasteiger partial charge in [-0.15, -0.1) is 0 Å². The van der Waals surface area contributed by atoms with Crippen molar-refractivity contribution in [3.05, 3.63) is 66.0 Å². The standard InChI is InChI=1S/C21H21N5O3/c1-13(27)14-8-10-15(11-9-14)25-19-18(22)20(24-12-23-19)26(2)17-7-5-4-6-16(17)21(28)29-3/h4-12H,22H2,1-3H3,(H,23,24,25). The number of Topliss-reactive ketones (excluding diaryl/α,β-unsaturated/α-hetero) is 1. The van der Waals surface area contributed by atoms with Crippen LogP contribution in [-0.4, -0.2) is 35.9 Å². The molecule has 148 valence electrons. The van der Waals surface area contributed by atoms with Crippen molar-refractivity contribution in [1.29, 1.82) is 0 Å². The van der Waals surface area contributed by atoms with Crippen LogP contribution in [0.3, 0.4) is 0 Å². The van der Waals surface area contributed by atoms with Gasteiger partial charge < -0.3 is 20.7 Å². The van der Waals surface area contributed by atoms with E-state index in [1.54, 1.807) is 54.4 Å². The number of hydrogen-bond acceptors (Lipinski definition) is 8. The fraction of sp³-hybridized carbons (Fsp3) is 0.143. The highest BCUT2D eigenvalue weighted by atomic mass is 16.5. The van der Waals surface area contributed by atoms with E-state index in [4.69, 9.17) is 10.5 Å². The van der Waals surface area contributed by atoms with Crippen molar-refractivity contribution in [2.24, 2.45) is 0 Å². The summed E-state index contributed by atoms with van der Waals surface area (Å²) in [4.78, 5) is 33.7. The first-order chi connectivity index (χ1) is 13.9. The van der Waals surface area contributed by atoms with Crippen LogP contribution in [0.15, 0.2) is 54.9 Å². The molecule has 3 rings (SSSR count). The number of nitrogens with two attached hydrogens (primary N) is 1. The van der Waals surface area contributed by atoms with Gasteiger partial charge in [-0.05, 0) is 43.3 Å². The number of methoxy groups -OCH3 is 1. The fourth-order valence-corrected chi connectivity index (χ4v) is 2.84. The van der Waals surface area contributed by atoms with Crippen molar-refractivity contribution >= 4 is 40.5 Å². The Balaban J connectivity index is 1.93. The van der Waals surface area contributed by atoms with Crippen LogP contribution >= 0.6 is 0 Å². The average Bonchev–Trinajstić information content (AvgIpc) is 2.74. The van der Waals surface area contributed by atoms with Crippen LogP contribution in [0.5, 0.6) is 0 Å². The number of rotatable bonds is 6. The Hall–Kier alpha value is -3.94. The SMILES string of the molecule is COC(=O)c1ccccc1N(C)c1ncnc(Nc2ccc(C(C)=O)cc2)c1N. The molecule has 3 aromatic rings. The molecule has 8 nitrogen and oxygen atoms in total. The first-order valence-corrected chi connectivity index (χ1v) is 8.82. The second-order valence-electron chi connectivity index (χ2n) is 6.29. The van der Waals surface area contributed by atoms with Crippen molar-refractivity contribution in [2.45, 2.75) is 6.92 Å². The number of para-hydroxylation sites is 1. The summed E-state index contributed by atoms with van der Waals surface area (Å²) < 4.78 is 4.86. The summed E-state index contributed by atoms with van der Waals surface area (Å²) in [6, 6.07) is 14.0. The van der Waals surface area contributed by atoms with Gasteiger partial charge in [0.15, 0.2) is 17.4 Å². The molecule has 0 fully saturated rings. The maximum absolute atomic E-state index is 12.1. The predicted molar refractivity (Wildman–Crippen MR) is 112 cm³/mol. The van der Waals surface area contributed by atoms with Gasteiger partial charge in [-0.3, -0.25) is 4.79 Å². The van der Waals surface area contributed by atoms with E-state index in [-0.39, 0.29) is 5.78 Å². The highest BCUT2D eigenvalue weighted by molar-refractivity contribution is 5.97. The Kier molecular flexibility index (Phi) is 5.73. The van der Waals surface area contributed by atoms with Crippen LogP contribution < -0.4 is 16.0 Å². The number of ketones is 1. The van der Waals surface area contributed by atoms with Gasteiger partial charge in [0.25, 0.3) is 0 Å². The Morgan fingerprint density at radius 2 is 1.76 bits per heavy atom. The molecule has 3 N–H and O–H groups in total.